The van der Waals surface area contributed by atoms with Crippen LogP contribution >= 0.6 is 0 Å². The largest absolute Gasteiger partial charge is 0.481 e. The van der Waals surface area contributed by atoms with Gasteiger partial charge in [0.15, 0.2) is 0 Å². The molecule has 0 aliphatic carbocycles. The van der Waals surface area contributed by atoms with Crippen LogP contribution in [-0.4, -0.2) is 38.5 Å². The monoisotopic (exact) mass is 282 g/mol. The molecule has 1 unspecified atom stereocenters. The predicted octanol–water partition coefficient (Wildman–Crippen LogP) is -0.830. The Morgan fingerprint density at radius 2 is 2.10 bits per heavy atom. The van der Waals surface area contributed by atoms with Gasteiger partial charge in [-0.3, -0.25) is 14.2 Å². The van der Waals surface area contributed by atoms with E-state index in [1.54, 1.807) is 0 Å². The zero-order valence-electron chi connectivity index (χ0n) is 11.6. The van der Waals surface area contributed by atoms with Crippen LogP contribution in [0.5, 0.6) is 0 Å². The molecule has 1 atom stereocenters. The first-order valence-corrected chi connectivity index (χ1v) is 6.51. The maximum atomic E-state index is 12.1. The Bertz CT molecular complexity index is 633. The summed E-state index contributed by atoms with van der Waals surface area (Å²) < 4.78 is 2.17. The highest BCUT2D eigenvalue weighted by atomic mass is 16.4. The lowest BCUT2D eigenvalue weighted by Gasteiger charge is -2.17. The summed E-state index contributed by atoms with van der Waals surface area (Å²) in [7, 11) is 2.93. The minimum absolute atomic E-state index is 0.136. The van der Waals surface area contributed by atoms with Gasteiger partial charge in [-0.2, -0.15) is 0 Å². The first kappa shape index (κ1) is 14.3. The molecule has 2 rings (SSSR count). The van der Waals surface area contributed by atoms with Crippen LogP contribution in [0.2, 0.25) is 0 Å². The van der Waals surface area contributed by atoms with E-state index < -0.39 is 17.2 Å². The van der Waals surface area contributed by atoms with Gasteiger partial charge in [0.05, 0.1) is 0 Å². The average molecular weight is 282 g/mol. The van der Waals surface area contributed by atoms with Crippen LogP contribution < -0.4 is 16.1 Å². The summed E-state index contributed by atoms with van der Waals surface area (Å²) in [6.07, 6.45) is 1.57. The summed E-state index contributed by atoms with van der Waals surface area (Å²) in [5.74, 6) is -0.304. The summed E-state index contributed by atoms with van der Waals surface area (Å²) in [6.45, 7) is 1.26. The fourth-order valence-corrected chi connectivity index (χ4v) is 2.47. The molecule has 1 aromatic heterocycles. The van der Waals surface area contributed by atoms with Gasteiger partial charge >= 0.3 is 11.7 Å². The molecular weight excluding hydrogens is 264 g/mol. The van der Waals surface area contributed by atoms with Crippen molar-refractivity contribution in [1.29, 1.82) is 0 Å². The maximum absolute atomic E-state index is 12.1. The van der Waals surface area contributed by atoms with Gasteiger partial charge < -0.3 is 10.0 Å². The van der Waals surface area contributed by atoms with E-state index in [9.17, 15) is 14.4 Å². The summed E-state index contributed by atoms with van der Waals surface area (Å²) in [6, 6.07) is 0. The molecular formula is C12H18N4O4. The summed E-state index contributed by atoms with van der Waals surface area (Å²) in [5, 5.41) is 12.7. The number of carboxylic acids is 1. The Kier molecular flexibility index (Phi) is 3.91. The highest BCUT2D eigenvalue weighted by molar-refractivity contribution is 5.66. The minimum Gasteiger partial charge on any atom is -0.481 e. The van der Waals surface area contributed by atoms with Crippen molar-refractivity contribution >= 4 is 11.8 Å². The number of carbonyl (C=O) groups is 1. The lowest BCUT2D eigenvalue weighted by molar-refractivity contribution is -0.137. The summed E-state index contributed by atoms with van der Waals surface area (Å²) in [4.78, 5) is 36.0. The standard InChI is InChI=1S/C12H18N4O4/c1-14-11(19)10(13-15(2)12(14)20)16-6-5-8(7-16)3-4-9(17)18/h8H,3-7H2,1-2H3,(H,17,18). The lowest BCUT2D eigenvalue weighted by atomic mass is 10.0. The Morgan fingerprint density at radius 1 is 1.40 bits per heavy atom. The predicted molar refractivity (Wildman–Crippen MR) is 71.9 cm³/mol. The number of hydrogen-bond donors (Lipinski definition) is 1. The van der Waals surface area contributed by atoms with Crippen LogP contribution in [0.4, 0.5) is 5.82 Å². The van der Waals surface area contributed by atoms with Crippen LogP contribution in [0.15, 0.2) is 9.59 Å². The molecule has 1 aromatic rings. The normalized spacial score (nSPS) is 18.5. The number of carboxylic acid groups (broad SMARTS) is 1. The Labute approximate surface area is 115 Å². The topological polar surface area (TPSA) is 97.4 Å². The molecule has 1 fully saturated rings. The van der Waals surface area contributed by atoms with E-state index in [0.717, 1.165) is 15.7 Å². The molecule has 1 saturated heterocycles. The van der Waals surface area contributed by atoms with E-state index in [0.29, 0.717) is 19.5 Å². The van der Waals surface area contributed by atoms with E-state index >= 15 is 0 Å². The molecule has 0 saturated carbocycles. The number of hydrogen-bond acceptors (Lipinski definition) is 5. The van der Waals surface area contributed by atoms with Gasteiger partial charge in [-0.05, 0) is 18.8 Å². The first-order valence-electron chi connectivity index (χ1n) is 6.51. The zero-order valence-corrected chi connectivity index (χ0v) is 11.6. The second kappa shape index (κ2) is 5.48. The van der Waals surface area contributed by atoms with E-state index in [1.165, 1.54) is 14.1 Å². The number of anilines is 1. The fourth-order valence-electron chi connectivity index (χ4n) is 2.47. The van der Waals surface area contributed by atoms with Crippen LogP contribution in [-0.2, 0) is 18.9 Å². The van der Waals surface area contributed by atoms with Gasteiger partial charge in [-0.15, -0.1) is 5.10 Å². The molecule has 0 aromatic carbocycles. The zero-order chi connectivity index (χ0) is 14.9. The number of nitrogens with zero attached hydrogens (tertiary/aromatic N) is 4. The third kappa shape index (κ3) is 2.73. The van der Waals surface area contributed by atoms with Crippen LogP contribution in [0, 0.1) is 5.92 Å². The van der Waals surface area contributed by atoms with Crippen molar-refractivity contribution in [3.8, 4) is 0 Å². The van der Waals surface area contributed by atoms with Crippen LogP contribution in [0.1, 0.15) is 19.3 Å². The second-order valence-corrected chi connectivity index (χ2v) is 5.13. The SMILES string of the molecule is Cn1nc(N2CCC(CCC(=O)O)C2)c(=O)n(C)c1=O. The highest BCUT2D eigenvalue weighted by Gasteiger charge is 2.26. The molecule has 0 radical (unpaired) electrons. The van der Waals surface area contributed by atoms with Crippen molar-refractivity contribution in [2.45, 2.75) is 19.3 Å². The van der Waals surface area contributed by atoms with Crippen molar-refractivity contribution < 1.29 is 9.90 Å². The third-order valence-corrected chi connectivity index (χ3v) is 3.66. The van der Waals surface area contributed by atoms with E-state index in [1.807, 2.05) is 4.90 Å². The second-order valence-electron chi connectivity index (χ2n) is 5.13. The Balaban J connectivity index is 2.17. The molecule has 110 valence electrons. The van der Waals surface area contributed by atoms with Crippen molar-refractivity contribution in [2.75, 3.05) is 18.0 Å². The highest BCUT2D eigenvalue weighted by Crippen LogP contribution is 2.23. The Hall–Kier alpha value is -2.12. The van der Waals surface area contributed by atoms with E-state index in [-0.39, 0.29) is 18.2 Å². The van der Waals surface area contributed by atoms with Crippen molar-refractivity contribution in [1.82, 2.24) is 14.3 Å². The molecule has 1 aliphatic heterocycles. The molecule has 8 heteroatoms. The number of aromatic nitrogens is 3. The van der Waals surface area contributed by atoms with Gasteiger partial charge in [-0.1, -0.05) is 0 Å². The quantitative estimate of drug-likeness (QED) is 0.774. The first-order chi connectivity index (χ1) is 9.40. The molecule has 1 aliphatic rings. The molecule has 1 N–H and O–H groups in total. The smallest absolute Gasteiger partial charge is 0.346 e. The van der Waals surface area contributed by atoms with Gasteiger partial charge in [0.25, 0.3) is 5.56 Å². The van der Waals surface area contributed by atoms with Crippen LogP contribution in [0.25, 0.3) is 0 Å². The average Bonchev–Trinajstić information content (AvgIpc) is 2.87. The van der Waals surface area contributed by atoms with Crippen LogP contribution in [0.3, 0.4) is 0 Å². The molecule has 0 bridgehead atoms. The third-order valence-electron chi connectivity index (χ3n) is 3.66. The molecule has 8 nitrogen and oxygen atoms in total. The van der Waals surface area contributed by atoms with Crippen molar-refractivity contribution in [3.05, 3.63) is 20.8 Å². The molecule has 0 spiro atoms. The van der Waals surface area contributed by atoms with Gasteiger partial charge in [0, 0.05) is 33.6 Å². The number of rotatable bonds is 4. The minimum atomic E-state index is -0.806. The summed E-state index contributed by atoms with van der Waals surface area (Å²) in [5.41, 5.74) is -0.868. The lowest BCUT2D eigenvalue weighted by Crippen LogP contribution is -2.42. The van der Waals surface area contributed by atoms with Gasteiger partial charge in [0.1, 0.15) is 0 Å². The van der Waals surface area contributed by atoms with E-state index in [4.69, 9.17) is 5.11 Å². The number of aliphatic carboxylic acids is 1. The molecule has 20 heavy (non-hydrogen) atoms. The van der Waals surface area contributed by atoms with E-state index in [2.05, 4.69) is 5.10 Å². The van der Waals surface area contributed by atoms with Crippen molar-refractivity contribution in [2.24, 2.45) is 20.0 Å². The Morgan fingerprint density at radius 3 is 2.75 bits per heavy atom. The van der Waals surface area contributed by atoms with Gasteiger partial charge in [0.2, 0.25) is 5.82 Å². The number of aryl methyl sites for hydroxylation is 1. The maximum Gasteiger partial charge on any atom is 0.346 e. The van der Waals surface area contributed by atoms with Gasteiger partial charge in [-0.25, -0.2) is 9.48 Å². The summed E-state index contributed by atoms with van der Waals surface area (Å²) >= 11 is 0. The molecule has 2 heterocycles. The molecule has 0 amide bonds. The van der Waals surface area contributed by atoms with Crippen molar-refractivity contribution in [3.63, 3.8) is 0 Å². The fraction of sp³-hybridized carbons (Fsp3) is 0.667.